The zero-order chi connectivity index (χ0) is 20.1. The topological polar surface area (TPSA) is 72.5 Å². The lowest BCUT2D eigenvalue weighted by Crippen LogP contribution is -2.48. The molecule has 0 bridgehead atoms. The second-order valence-corrected chi connectivity index (χ2v) is 7.13. The van der Waals surface area contributed by atoms with E-state index < -0.39 is 0 Å². The maximum Gasteiger partial charge on any atom is 0.194 e. The molecule has 2 aromatic rings. The number of nitrogens with one attached hydrogen (secondary N) is 1. The molecule has 1 fully saturated rings. The van der Waals surface area contributed by atoms with Crippen molar-refractivity contribution in [2.75, 3.05) is 26.2 Å². The summed E-state index contributed by atoms with van der Waals surface area (Å²) in [4.78, 5) is 7.26. The van der Waals surface area contributed by atoms with Gasteiger partial charge in [0.05, 0.1) is 31.6 Å². The number of aryl methyl sites for hydroxylation is 3. The van der Waals surface area contributed by atoms with Crippen LogP contribution in [0.25, 0.3) is 0 Å². The second kappa shape index (κ2) is 9.23. The number of hydrogen-bond donors (Lipinski definition) is 1. The van der Waals surface area contributed by atoms with Gasteiger partial charge >= 0.3 is 0 Å². The summed E-state index contributed by atoms with van der Waals surface area (Å²) in [5, 5.41) is 12.4. The van der Waals surface area contributed by atoms with Gasteiger partial charge in [0.1, 0.15) is 6.10 Å². The Morgan fingerprint density at radius 2 is 2.11 bits per heavy atom. The van der Waals surface area contributed by atoms with E-state index in [0.29, 0.717) is 13.2 Å². The average Bonchev–Trinajstić information content (AvgIpc) is 3.27. The summed E-state index contributed by atoms with van der Waals surface area (Å²) < 4.78 is 9.81. The van der Waals surface area contributed by atoms with Gasteiger partial charge in [-0.2, -0.15) is 10.2 Å². The van der Waals surface area contributed by atoms with Crippen LogP contribution in [0.15, 0.2) is 17.4 Å². The van der Waals surface area contributed by atoms with Crippen molar-refractivity contribution in [2.45, 2.75) is 46.3 Å². The van der Waals surface area contributed by atoms with E-state index in [0.717, 1.165) is 49.7 Å². The molecule has 1 aliphatic heterocycles. The van der Waals surface area contributed by atoms with Crippen LogP contribution in [0.4, 0.5) is 0 Å². The van der Waals surface area contributed by atoms with Crippen molar-refractivity contribution in [1.29, 1.82) is 0 Å². The van der Waals surface area contributed by atoms with Gasteiger partial charge < -0.3 is 15.0 Å². The first-order valence-corrected chi connectivity index (χ1v) is 10.2. The van der Waals surface area contributed by atoms with Crippen LogP contribution in [0.2, 0.25) is 0 Å². The molecule has 8 nitrogen and oxygen atoms in total. The monoisotopic (exact) mass is 387 g/mol. The summed E-state index contributed by atoms with van der Waals surface area (Å²) in [5.41, 5.74) is 4.79. The third kappa shape index (κ3) is 4.38. The van der Waals surface area contributed by atoms with Crippen molar-refractivity contribution in [3.63, 3.8) is 0 Å². The van der Waals surface area contributed by atoms with Crippen molar-refractivity contribution >= 4 is 5.96 Å². The van der Waals surface area contributed by atoms with E-state index in [4.69, 9.17) is 9.73 Å². The SMILES string of the molecule is CCNC(=NCc1c(CC)nn(C)c1CC)N1CCOC(c2cnn(C)c2)C1. The molecule has 154 valence electrons. The van der Waals surface area contributed by atoms with Crippen molar-refractivity contribution in [3.8, 4) is 0 Å². The summed E-state index contributed by atoms with van der Waals surface area (Å²) in [6.07, 6.45) is 5.81. The molecule has 1 aliphatic rings. The third-order valence-electron chi connectivity index (χ3n) is 5.21. The highest BCUT2D eigenvalue weighted by atomic mass is 16.5. The van der Waals surface area contributed by atoms with E-state index in [-0.39, 0.29) is 6.10 Å². The van der Waals surface area contributed by atoms with Crippen LogP contribution in [0.3, 0.4) is 0 Å². The van der Waals surface area contributed by atoms with E-state index in [1.165, 1.54) is 11.3 Å². The molecule has 28 heavy (non-hydrogen) atoms. The fraction of sp³-hybridized carbons (Fsp3) is 0.650. The average molecular weight is 388 g/mol. The lowest BCUT2D eigenvalue weighted by atomic mass is 10.1. The van der Waals surface area contributed by atoms with Crippen LogP contribution in [0.1, 0.15) is 49.4 Å². The van der Waals surface area contributed by atoms with Crippen LogP contribution >= 0.6 is 0 Å². The number of guanidine groups is 1. The highest BCUT2D eigenvalue weighted by Crippen LogP contribution is 2.22. The molecule has 0 amide bonds. The number of hydrogen-bond acceptors (Lipinski definition) is 4. The van der Waals surface area contributed by atoms with Gasteiger partial charge in [0.2, 0.25) is 0 Å². The molecule has 0 radical (unpaired) electrons. The zero-order valence-corrected chi connectivity index (χ0v) is 17.8. The lowest BCUT2D eigenvalue weighted by molar-refractivity contribution is -0.00805. The first kappa shape index (κ1) is 20.4. The minimum Gasteiger partial charge on any atom is -0.370 e. The number of morpholine rings is 1. The lowest BCUT2D eigenvalue weighted by Gasteiger charge is -2.34. The van der Waals surface area contributed by atoms with E-state index in [1.807, 2.05) is 35.9 Å². The Balaban J connectivity index is 1.79. The normalized spacial score (nSPS) is 18.0. The van der Waals surface area contributed by atoms with E-state index in [9.17, 15) is 0 Å². The van der Waals surface area contributed by atoms with E-state index >= 15 is 0 Å². The predicted molar refractivity (Wildman–Crippen MR) is 110 cm³/mol. The number of aromatic nitrogens is 4. The first-order chi connectivity index (χ1) is 13.6. The van der Waals surface area contributed by atoms with Crippen LogP contribution in [-0.2, 0) is 38.2 Å². The predicted octanol–water partition coefficient (Wildman–Crippen LogP) is 1.82. The van der Waals surface area contributed by atoms with Crippen LogP contribution in [0, 0.1) is 0 Å². The Labute approximate surface area is 167 Å². The van der Waals surface area contributed by atoms with Crippen molar-refractivity contribution in [3.05, 3.63) is 34.9 Å². The molecule has 0 saturated carbocycles. The highest BCUT2D eigenvalue weighted by Gasteiger charge is 2.25. The Hall–Kier alpha value is -2.35. The largest absolute Gasteiger partial charge is 0.370 e. The Kier molecular flexibility index (Phi) is 6.72. The van der Waals surface area contributed by atoms with E-state index in [2.05, 4.69) is 41.2 Å². The van der Waals surface area contributed by atoms with Gasteiger partial charge in [-0.05, 0) is 19.8 Å². The summed E-state index contributed by atoms with van der Waals surface area (Å²) in [6, 6.07) is 0. The minimum atomic E-state index is 0.0158. The molecular weight excluding hydrogens is 354 g/mol. The molecule has 1 unspecified atom stereocenters. The molecule has 1 saturated heterocycles. The standard InChI is InChI=1S/C20H33N7O/c1-6-17-16(18(7-2)26(5)24-17)12-22-20(21-8-3)27-9-10-28-19(14-27)15-11-23-25(4)13-15/h11,13,19H,6-10,12,14H2,1-5H3,(H,21,22). The molecule has 0 aromatic carbocycles. The summed E-state index contributed by atoms with van der Waals surface area (Å²) in [5.74, 6) is 0.938. The number of nitrogens with zero attached hydrogens (tertiary/aromatic N) is 6. The van der Waals surface area contributed by atoms with Gasteiger partial charge in [-0.25, -0.2) is 4.99 Å². The Morgan fingerprint density at radius 1 is 1.29 bits per heavy atom. The summed E-state index contributed by atoms with van der Waals surface area (Å²) in [7, 11) is 3.96. The fourth-order valence-electron chi connectivity index (χ4n) is 3.80. The van der Waals surface area contributed by atoms with Gasteiger partial charge in [-0.3, -0.25) is 9.36 Å². The van der Waals surface area contributed by atoms with Gasteiger partial charge in [0.25, 0.3) is 0 Å². The maximum atomic E-state index is 5.98. The number of aliphatic imine (C=N–C) groups is 1. The van der Waals surface area contributed by atoms with Crippen molar-refractivity contribution in [1.82, 2.24) is 29.8 Å². The molecule has 2 aromatic heterocycles. The zero-order valence-electron chi connectivity index (χ0n) is 17.8. The molecule has 3 heterocycles. The molecule has 1 N–H and O–H groups in total. The van der Waals surface area contributed by atoms with Gasteiger partial charge in [-0.1, -0.05) is 13.8 Å². The first-order valence-electron chi connectivity index (χ1n) is 10.2. The maximum absolute atomic E-state index is 5.98. The van der Waals surface area contributed by atoms with Gasteiger partial charge in [0, 0.05) is 50.2 Å². The second-order valence-electron chi connectivity index (χ2n) is 7.13. The quantitative estimate of drug-likeness (QED) is 0.605. The Morgan fingerprint density at radius 3 is 2.75 bits per heavy atom. The molecule has 8 heteroatoms. The molecule has 1 atom stereocenters. The molecule has 0 aliphatic carbocycles. The fourth-order valence-corrected chi connectivity index (χ4v) is 3.80. The smallest absolute Gasteiger partial charge is 0.194 e. The summed E-state index contributed by atoms with van der Waals surface area (Å²) >= 11 is 0. The molecular formula is C20H33N7O. The third-order valence-corrected chi connectivity index (χ3v) is 5.21. The number of ether oxygens (including phenoxy) is 1. The van der Waals surface area contributed by atoms with Crippen molar-refractivity contribution < 1.29 is 4.74 Å². The number of rotatable bonds is 6. The van der Waals surface area contributed by atoms with E-state index in [1.54, 1.807) is 0 Å². The van der Waals surface area contributed by atoms with Crippen LogP contribution < -0.4 is 5.32 Å². The molecule has 0 spiro atoms. The Bertz CT molecular complexity index is 808. The van der Waals surface area contributed by atoms with Crippen molar-refractivity contribution in [2.24, 2.45) is 19.1 Å². The summed E-state index contributed by atoms with van der Waals surface area (Å²) in [6.45, 7) is 10.2. The highest BCUT2D eigenvalue weighted by molar-refractivity contribution is 5.80. The minimum absolute atomic E-state index is 0.0158. The van der Waals surface area contributed by atoms with Crippen LogP contribution in [0.5, 0.6) is 0 Å². The van der Waals surface area contributed by atoms with Gasteiger partial charge in [0.15, 0.2) is 5.96 Å². The van der Waals surface area contributed by atoms with Gasteiger partial charge in [-0.15, -0.1) is 0 Å². The molecule has 3 rings (SSSR count). The van der Waals surface area contributed by atoms with Crippen LogP contribution in [-0.4, -0.2) is 56.7 Å².